The first-order valence-electron chi connectivity index (χ1n) is 8.80. The number of amides is 1. The Labute approximate surface area is 151 Å². The van der Waals surface area contributed by atoms with E-state index in [0.717, 1.165) is 12.8 Å². The molecule has 0 aliphatic carbocycles. The van der Waals surface area contributed by atoms with Crippen LogP contribution in [0.1, 0.15) is 45.8 Å². The van der Waals surface area contributed by atoms with Crippen LogP contribution < -0.4 is 21.9 Å². The van der Waals surface area contributed by atoms with Crippen LogP contribution in [-0.2, 0) is 17.9 Å². The van der Waals surface area contributed by atoms with Crippen molar-refractivity contribution < 1.29 is 9.21 Å². The van der Waals surface area contributed by atoms with E-state index in [1.165, 1.54) is 15.7 Å². The lowest BCUT2D eigenvalue weighted by molar-refractivity contribution is -0.119. The van der Waals surface area contributed by atoms with Crippen molar-refractivity contribution in [1.82, 2.24) is 9.55 Å². The molecule has 2 heterocycles. The van der Waals surface area contributed by atoms with Crippen LogP contribution in [0.3, 0.4) is 0 Å². The number of nitrogens with zero attached hydrogens (tertiary/aromatic N) is 2. The summed E-state index contributed by atoms with van der Waals surface area (Å²) in [6.07, 6.45) is 3.33. The quantitative estimate of drug-likeness (QED) is 0.746. The SMILES string of the molecule is CCCCn1c(N)c(N(Cc2ccco2)C(=O)CC(C)C)c(=O)[nH]c1=O. The topological polar surface area (TPSA) is 114 Å². The van der Waals surface area contributed by atoms with Crippen molar-refractivity contribution in [2.24, 2.45) is 5.92 Å². The van der Waals surface area contributed by atoms with Gasteiger partial charge in [-0.15, -0.1) is 0 Å². The number of nitrogens with two attached hydrogens (primary N) is 1. The van der Waals surface area contributed by atoms with Crippen molar-refractivity contribution in [1.29, 1.82) is 0 Å². The third-order valence-electron chi connectivity index (χ3n) is 4.00. The van der Waals surface area contributed by atoms with Gasteiger partial charge in [-0.05, 0) is 24.5 Å². The van der Waals surface area contributed by atoms with Crippen molar-refractivity contribution in [2.45, 2.75) is 53.1 Å². The highest BCUT2D eigenvalue weighted by Gasteiger charge is 2.25. The minimum Gasteiger partial charge on any atom is -0.467 e. The maximum atomic E-state index is 12.8. The lowest BCUT2D eigenvalue weighted by atomic mass is 10.1. The van der Waals surface area contributed by atoms with Crippen LogP contribution in [0, 0.1) is 5.92 Å². The summed E-state index contributed by atoms with van der Waals surface area (Å²) in [7, 11) is 0. The van der Waals surface area contributed by atoms with Crippen LogP contribution in [0.25, 0.3) is 0 Å². The molecular weight excluding hydrogens is 336 g/mol. The largest absolute Gasteiger partial charge is 0.467 e. The predicted molar refractivity (Wildman–Crippen MR) is 100.0 cm³/mol. The number of furan rings is 1. The summed E-state index contributed by atoms with van der Waals surface area (Å²) >= 11 is 0. The van der Waals surface area contributed by atoms with Gasteiger partial charge < -0.3 is 10.2 Å². The molecule has 8 heteroatoms. The number of H-pyrrole nitrogens is 1. The van der Waals surface area contributed by atoms with E-state index in [0.29, 0.717) is 12.3 Å². The molecule has 0 fully saturated rings. The molecule has 2 aromatic heterocycles. The average molecular weight is 362 g/mol. The van der Waals surface area contributed by atoms with Crippen molar-refractivity contribution in [3.8, 4) is 0 Å². The van der Waals surface area contributed by atoms with Gasteiger partial charge in [0.05, 0.1) is 12.8 Å². The number of aromatic nitrogens is 2. The van der Waals surface area contributed by atoms with E-state index in [1.807, 2.05) is 20.8 Å². The molecule has 0 atom stereocenters. The molecule has 0 radical (unpaired) electrons. The van der Waals surface area contributed by atoms with Crippen molar-refractivity contribution >= 4 is 17.4 Å². The van der Waals surface area contributed by atoms with Crippen LogP contribution in [0.2, 0.25) is 0 Å². The van der Waals surface area contributed by atoms with Gasteiger partial charge in [0.15, 0.2) is 5.69 Å². The Balaban J connectivity index is 2.54. The molecule has 0 bridgehead atoms. The number of unbranched alkanes of at least 4 members (excludes halogenated alkanes) is 1. The van der Waals surface area contributed by atoms with Gasteiger partial charge >= 0.3 is 5.69 Å². The van der Waals surface area contributed by atoms with Crippen LogP contribution in [0.4, 0.5) is 11.5 Å². The molecule has 2 rings (SSSR count). The highest BCUT2D eigenvalue weighted by Crippen LogP contribution is 2.22. The molecule has 2 aromatic rings. The van der Waals surface area contributed by atoms with Crippen molar-refractivity contribution in [3.05, 3.63) is 45.0 Å². The Morgan fingerprint density at radius 1 is 1.38 bits per heavy atom. The van der Waals surface area contributed by atoms with E-state index < -0.39 is 11.2 Å². The fraction of sp³-hybridized carbons (Fsp3) is 0.500. The number of nitrogens with one attached hydrogen (secondary N) is 1. The molecule has 1 amide bonds. The van der Waals surface area contributed by atoms with Crippen LogP contribution in [0.5, 0.6) is 0 Å². The first-order valence-corrected chi connectivity index (χ1v) is 8.80. The maximum Gasteiger partial charge on any atom is 0.330 e. The fourth-order valence-corrected chi connectivity index (χ4v) is 2.69. The zero-order valence-electron chi connectivity index (χ0n) is 15.4. The second-order valence-electron chi connectivity index (χ2n) is 6.66. The molecule has 0 spiro atoms. The molecule has 0 saturated heterocycles. The van der Waals surface area contributed by atoms with Crippen LogP contribution in [-0.4, -0.2) is 15.5 Å². The Morgan fingerprint density at radius 2 is 2.12 bits per heavy atom. The molecule has 3 N–H and O–H groups in total. The Morgan fingerprint density at radius 3 is 2.69 bits per heavy atom. The minimum absolute atomic E-state index is 0.00383. The van der Waals surface area contributed by atoms with Crippen LogP contribution in [0.15, 0.2) is 32.4 Å². The van der Waals surface area contributed by atoms with Gasteiger partial charge in [0.1, 0.15) is 11.6 Å². The van der Waals surface area contributed by atoms with Gasteiger partial charge in [0.2, 0.25) is 5.91 Å². The smallest absolute Gasteiger partial charge is 0.330 e. The number of aromatic amines is 1. The van der Waals surface area contributed by atoms with Crippen molar-refractivity contribution in [2.75, 3.05) is 10.6 Å². The van der Waals surface area contributed by atoms with Crippen molar-refractivity contribution in [3.63, 3.8) is 0 Å². The molecule has 0 aliphatic rings. The summed E-state index contributed by atoms with van der Waals surface area (Å²) in [5.74, 6) is 0.366. The zero-order valence-corrected chi connectivity index (χ0v) is 15.4. The summed E-state index contributed by atoms with van der Waals surface area (Å²) < 4.78 is 6.63. The number of hydrogen-bond donors (Lipinski definition) is 2. The minimum atomic E-state index is -0.677. The van der Waals surface area contributed by atoms with E-state index in [9.17, 15) is 14.4 Å². The van der Waals surface area contributed by atoms with Gasteiger partial charge in [-0.3, -0.25) is 24.0 Å². The molecule has 142 valence electrons. The molecular formula is C18H26N4O4. The highest BCUT2D eigenvalue weighted by molar-refractivity contribution is 5.95. The summed E-state index contributed by atoms with van der Waals surface area (Å²) in [6.45, 7) is 6.26. The maximum absolute atomic E-state index is 12.8. The van der Waals surface area contributed by atoms with E-state index in [-0.39, 0.29) is 36.3 Å². The number of rotatable bonds is 8. The normalized spacial score (nSPS) is 11.1. The third kappa shape index (κ3) is 4.44. The fourth-order valence-electron chi connectivity index (χ4n) is 2.69. The summed E-state index contributed by atoms with van der Waals surface area (Å²) in [4.78, 5) is 40.9. The second kappa shape index (κ2) is 8.55. The third-order valence-corrected chi connectivity index (χ3v) is 4.00. The molecule has 0 unspecified atom stereocenters. The first kappa shape index (κ1) is 19.6. The van der Waals surface area contributed by atoms with Gasteiger partial charge in [-0.1, -0.05) is 27.2 Å². The number of anilines is 2. The standard InChI is InChI=1S/C18H26N4O4/c1-4-5-8-21-16(19)15(17(24)20-18(21)25)22(14(23)10-12(2)3)11-13-7-6-9-26-13/h6-7,9,12H,4-5,8,10-11,19H2,1-3H3,(H,20,24,25). The van der Waals surface area contributed by atoms with E-state index >= 15 is 0 Å². The van der Waals surface area contributed by atoms with E-state index in [2.05, 4.69) is 4.98 Å². The zero-order chi connectivity index (χ0) is 19.3. The van der Waals surface area contributed by atoms with Gasteiger partial charge in [-0.2, -0.15) is 0 Å². The van der Waals surface area contributed by atoms with Gasteiger partial charge in [-0.25, -0.2) is 4.79 Å². The Bertz CT molecular complexity index is 849. The molecule has 0 aromatic carbocycles. The van der Waals surface area contributed by atoms with Gasteiger partial charge in [0, 0.05) is 13.0 Å². The van der Waals surface area contributed by atoms with Crippen LogP contribution >= 0.6 is 0 Å². The first-order chi connectivity index (χ1) is 12.3. The van der Waals surface area contributed by atoms with E-state index in [4.69, 9.17) is 10.2 Å². The molecule has 26 heavy (non-hydrogen) atoms. The number of hydrogen-bond acceptors (Lipinski definition) is 5. The number of carbonyl (C=O) groups excluding carboxylic acids is 1. The Kier molecular flexibility index (Phi) is 6.43. The van der Waals surface area contributed by atoms with Gasteiger partial charge in [0.25, 0.3) is 5.56 Å². The molecule has 0 aliphatic heterocycles. The summed E-state index contributed by atoms with van der Waals surface area (Å²) in [5, 5.41) is 0. The monoisotopic (exact) mass is 362 g/mol. The Hall–Kier alpha value is -2.77. The lowest BCUT2D eigenvalue weighted by Crippen LogP contribution is -2.41. The highest BCUT2D eigenvalue weighted by atomic mass is 16.3. The summed E-state index contributed by atoms with van der Waals surface area (Å²) in [5.41, 5.74) is 4.88. The number of carbonyl (C=O) groups is 1. The average Bonchev–Trinajstić information content (AvgIpc) is 3.06. The summed E-state index contributed by atoms with van der Waals surface area (Å²) in [6, 6.07) is 3.42. The lowest BCUT2D eigenvalue weighted by Gasteiger charge is -2.24. The number of nitrogen functional groups attached to an aromatic ring is 1. The molecule has 8 nitrogen and oxygen atoms in total. The molecule has 0 saturated carbocycles. The van der Waals surface area contributed by atoms with E-state index in [1.54, 1.807) is 12.1 Å². The predicted octanol–water partition coefficient (Wildman–Crippen LogP) is 2.09. The second-order valence-corrected chi connectivity index (χ2v) is 6.66.